The van der Waals surface area contributed by atoms with Crippen molar-refractivity contribution in [2.24, 2.45) is 0 Å². The van der Waals surface area contributed by atoms with Gasteiger partial charge in [0, 0.05) is 16.5 Å². The maximum Gasteiger partial charge on any atom is 0.356 e. The van der Waals surface area contributed by atoms with Crippen LogP contribution in [0.2, 0.25) is 0 Å². The summed E-state index contributed by atoms with van der Waals surface area (Å²) in [7, 11) is 0. The van der Waals surface area contributed by atoms with Gasteiger partial charge in [0.1, 0.15) is 9.39 Å². The first-order valence-corrected chi connectivity index (χ1v) is 6.91. The van der Waals surface area contributed by atoms with E-state index in [2.05, 4.69) is 20.9 Å². The highest BCUT2D eigenvalue weighted by Gasteiger charge is 2.20. The van der Waals surface area contributed by atoms with Crippen LogP contribution in [-0.4, -0.2) is 17.6 Å². The lowest BCUT2D eigenvalue weighted by molar-refractivity contribution is 0.0518. The fourth-order valence-electron chi connectivity index (χ4n) is 1.20. The molecule has 0 radical (unpaired) electrons. The van der Waals surface area contributed by atoms with Gasteiger partial charge < -0.3 is 4.74 Å². The van der Waals surface area contributed by atoms with E-state index in [9.17, 15) is 13.6 Å². The second kappa shape index (κ2) is 6.58. The molecule has 17 heavy (non-hydrogen) atoms. The molecule has 1 aromatic heterocycles. The molecule has 1 rings (SSSR count). The number of carbonyl (C=O) groups excluding carboxylic acids is 1. The largest absolute Gasteiger partial charge is 0.461 e. The topological polar surface area (TPSA) is 39.2 Å². The third-order valence-corrected chi connectivity index (χ3v) is 3.41. The zero-order chi connectivity index (χ0) is 13.0. The summed E-state index contributed by atoms with van der Waals surface area (Å²) in [5.74, 6) is -0.687. The predicted octanol–water partition coefficient (Wildman–Crippen LogP) is 3.70. The average molecular weight is 420 g/mol. The molecule has 0 N–H and O–H groups in total. The van der Waals surface area contributed by atoms with Gasteiger partial charge in [0.15, 0.2) is 0 Å². The second-order valence-corrected chi connectivity index (χ2v) is 4.60. The molecule has 1 heterocycles. The Labute approximate surface area is 119 Å². The standard InChI is InChI=1S/C10H9BrF2INO2/c1-2-17-10(16)7-3-5(8(12)13)6(4-11)9(14)15-7/h3,8H,2,4H2,1H3. The number of ether oxygens (including phenoxy) is 1. The molecular formula is C10H9BrF2INO2. The highest BCUT2D eigenvalue weighted by molar-refractivity contribution is 14.1. The monoisotopic (exact) mass is 419 g/mol. The first-order valence-electron chi connectivity index (χ1n) is 4.71. The number of hydrogen-bond donors (Lipinski definition) is 0. The maximum atomic E-state index is 12.8. The Bertz CT molecular complexity index is 429. The van der Waals surface area contributed by atoms with Crippen LogP contribution in [0, 0.1) is 3.70 Å². The van der Waals surface area contributed by atoms with Crippen LogP contribution in [0.15, 0.2) is 6.07 Å². The zero-order valence-corrected chi connectivity index (χ0v) is 12.6. The van der Waals surface area contributed by atoms with Crippen molar-refractivity contribution in [3.05, 3.63) is 26.6 Å². The van der Waals surface area contributed by atoms with E-state index < -0.39 is 12.4 Å². The Hall–Kier alpha value is -0.310. The van der Waals surface area contributed by atoms with Gasteiger partial charge in [-0.05, 0) is 35.6 Å². The highest BCUT2D eigenvalue weighted by Crippen LogP contribution is 2.28. The third kappa shape index (κ3) is 3.57. The summed E-state index contributed by atoms with van der Waals surface area (Å²) in [6.45, 7) is 1.82. The molecule has 0 atom stereocenters. The van der Waals surface area contributed by atoms with E-state index in [1.165, 1.54) is 0 Å². The van der Waals surface area contributed by atoms with Gasteiger partial charge in [0.2, 0.25) is 0 Å². The number of nitrogens with zero attached hydrogens (tertiary/aromatic N) is 1. The molecule has 0 amide bonds. The van der Waals surface area contributed by atoms with Crippen molar-refractivity contribution in [1.29, 1.82) is 0 Å². The van der Waals surface area contributed by atoms with Crippen LogP contribution >= 0.6 is 38.5 Å². The van der Waals surface area contributed by atoms with Gasteiger partial charge in [0.05, 0.1) is 6.61 Å². The van der Waals surface area contributed by atoms with Crippen LogP contribution in [0.1, 0.15) is 35.0 Å². The maximum absolute atomic E-state index is 12.8. The van der Waals surface area contributed by atoms with Gasteiger partial charge in [-0.1, -0.05) is 15.9 Å². The predicted molar refractivity (Wildman–Crippen MR) is 70.5 cm³/mol. The summed E-state index contributed by atoms with van der Waals surface area (Å²) in [5, 5.41) is 0.265. The first-order chi connectivity index (χ1) is 8.01. The van der Waals surface area contributed by atoms with Crippen LogP contribution in [-0.2, 0) is 10.1 Å². The van der Waals surface area contributed by atoms with Gasteiger partial charge >= 0.3 is 5.97 Å². The number of halogens is 4. The molecular weight excluding hydrogens is 411 g/mol. The van der Waals surface area contributed by atoms with E-state index in [4.69, 9.17) is 4.74 Å². The molecule has 3 nitrogen and oxygen atoms in total. The zero-order valence-electron chi connectivity index (χ0n) is 8.84. The van der Waals surface area contributed by atoms with Crippen LogP contribution in [0.5, 0.6) is 0 Å². The lowest BCUT2D eigenvalue weighted by atomic mass is 10.1. The number of carbonyl (C=O) groups is 1. The molecule has 0 aliphatic rings. The number of rotatable bonds is 4. The lowest BCUT2D eigenvalue weighted by Gasteiger charge is -2.10. The minimum Gasteiger partial charge on any atom is -0.461 e. The molecule has 0 aliphatic carbocycles. The molecule has 0 fully saturated rings. The Morgan fingerprint density at radius 3 is 2.76 bits per heavy atom. The van der Waals surface area contributed by atoms with Crippen LogP contribution in [0.4, 0.5) is 8.78 Å². The molecule has 1 aromatic rings. The summed E-state index contributed by atoms with van der Waals surface area (Å²) < 4.78 is 30.7. The van der Waals surface area contributed by atoms with Crippen molar-refractivity contribution >= 4 is 44.5 Å². The molecule has 0 aromatic carbocycles. The summed E-state index contributed by atoms with van der Waals surface area (Å²) in [6, 6.07) is 1.08. The van der Waals surface area contributed by atoms with E-state index in [0.717, 1.165) is 6.07 Å². The number of hydrogen-bond acceptors (Lipinski definition) is 3. The Balaban J connectivity index is 3.24. The van der Waals surface area contributed by atoms with Crippen LogP contribution in [0.3, 0.4) is 0 Å². The Morgan fingerprint density at radius 2 is 2.29 bits per heavy atom. The van der Waals surface area contributed by atoms with E-state index in [-0.39, 0.29) is 23.2 Å². The van der Waals surface area contributed by atoms with Crippen LogP contribution in [0.25, 0.3) is 0 Å². The lowest BCUT2D eigenvalue weighted by Crippen LogP contribution is -2.11. The average Bonchev–Trinajstić information content (AvgIpc) is 2.28. The summed E-state index contributed by atoms with van der Waals surface area (Å²) in [4.78, 5) is 15.4. The van der Waals surface area contributed by atoms with E-state index in [0.29, 0.717) is 9.26 Å². The molecule has 7 heteroatoms. The second-order valence-electron chi connectivity index (χ2n) is 3.02. The quantitative estimate of drug-likeness (QED) is 0.323. The molecule has 0 aliphatic heterocycles. The molecule has 94 valence electrons. The fraction of sp³-hybridized carbons (Fsp3) is 0.400. The van der Waals surface area contributed by atoms with Crippen molar-refractivity contribution in [1.82, 2.24) is 4.98 Å². The van der Waals surface area contributed by atoms with Gasteiger partial charge in [-0.15, -0.1) is 0 Å². The van der Waals surface area contributed by atoms with E-state index in [1.807, 2.05) is 22.6 Å². The molecule has 0 saturated heterocycles. The van der Waals surface area contributed by atoms with Crippen LogP contribution < -0.4 is 0 Å². The number of alkyl halides is 3. The Kier molecular flexibility index (Phi) is 5.71. The smallest absolute Gasteiger partial charge is 0.356 e. The van der Waals surface area contributed by atoms with E-state index in [1.54, 1.807) is 6.92 Å². The molecule has 0 spiro atoms. The Morgan fingerprint density at radius 1 is 1.65 bits per heavy atom. The first kappa shape index (κ1) is 14.7. The van der Waals surface area contributed by atoms with Gasteiger partial charge in [-0.2, -0.15) is 0 Å². The van der Waals surface area contributed by atoms with E-state index >= 15 is 0 Å². The van der Waals surface area contributed by atoms with Crippen molar-refractivity contribution in [3.8, 4) is 0 Å². The molecule has 0 unspecified atom stereocenters. The van der Waals surface area contributed by atoms with Crippen molar-refractivity contribution in [3.63, 3.8) is 0 Å². The normalized spacial score (nSPS) is 10.7. The number of pyridine rings is 1. The van der Waals surface area contributed by atoms with Gasteiger partial charge in [-0.25, -0.2) is 18.6 Å². The van der Waals surface area contributed by atoms with Crippen molar-refractivity contribution < 1.29 is 18.3 Å². The van der Waals surface area contributed by atoms with Crippen molar-refractivity contribution in [2.45, 2.75) is 18.7 Å². The minimum atomic E-state index is -2.65. The number of aromatic nitrogens is 1. The molecule has 0 saturated carbocycles. The summed E-state index contributed by atoms with van der Waals surface area (Å²) in [5.41, 5.74) is 0.120. The fourth-order valence-corrected chi connectivity index (χ4v) is 3.07. The third-order valence-electron chi connectivity index (χ3n) is 1.96. The number of esters is 1. The highest BCUT2D eigenvalue weighted by atomic mass is 127. The summed E-state index contributed by atoms with van der Waals surface area (Å²) in [6.07, 6.45) is -2.65. The van der Waals surface area contributed by atoms with Crippen molar-refractivity contribution in [2.75, 3.05) is 6.61 Å². The SMILES string of the molecule is CCOC(=O)c1cc(C(F)F)c(CBr)c(I)n1. The summed E-state index contributed by atoms with van der Waals surface area (Å²) >= 11 is 4.95. The van der Waals surface area contributed by atoms with Gasteiger partial charge in [-0.3, -0.25) is 0 Å². The minimum absolute atomic E-state index is 0.0868. The van der Waals surface area contributed by atoms with Gasteiger partial charge in [0.25, 0.3) is 6.43 Å². The molecule has 0 bridgehead atoms.